The Morgan fingerprint density at radius 3 is 2.46 bits per heavy atom. The minimum atomic E-state index is -0.381. The first-order chi connectivity index (χ1) is 13.3. The summed E-state index contributed by atoms with van der Waals surface area (Å²) >= 11 is 12.4. The number of aromatic nitrogens is 1. The number of nitrogens with zero attached hydrogens (tertiary/aromatic N) is 2. The van der Waals surface area contributed by atoms with Crippen LogP contribution in [0.4, 0.5) is 11.5 Å². The zero-order chi connectivity index (χ0) is 20.3. The van der Waals surface area contributed by atoms with Gasteiger partial charge in [0, 0.05) is 28.7 Å². The smallest absolute Gasteiger partial charge is 0.258 e. The van der Waals surface area contributed by atoms with Crippen LogP contribution in [0.25, 0.3) is 0 Å². The molecule has 0 aliphatic carbocycles. The van der Waals surface area contributed by atoms with Crippen LogP contribution < -0.4 is 10.6 Å². The van der Waals surface area contributed by atoms with Crippen molar-refractivity contribution in [2.75, 3.05) is 30.8 Å². The predicted molar refractivity (Wildman–Crippen MR) is 115 cm³/mol. The normalized spacial score (nSPS) is 15.3. The molecule has 2 aromatic rings. The topological polar surface area (TPSA) is 81.1 Å². The van der Waals surface area contributed by atoms with Crippen molar-refractivity contribution in [1.82, 2.24) is 9.88 Å². The van der Waals surface area contributed by atoms with E-state index in [9.17, 15) is 4.79 Å². The molecule has 148 valence electrons. The third-order valence-corrected chi connectivity index (χ3v) is 5.44. The summed E-state index contributed by atoms with van der Waals surface area (Å²) in [5, 5.41) is 15.1. The summed E-state index contributed by atoms with van der Waals surface area (Å²) in [6.45, 7) is 3.65. The Bertz CT molecular complexity index is 877. The molecule has 1 aliphatic heterocycles. The average Bonchev–Trinajstić information content (AvgIpc) is 2.65. The predicted octanol–water partition coefficient (Wildman–Crippen LogP) is 4.53. The molecule has 2 heterocycles. The molecule has 1 fully saturated rings. The standard InChI is InChI=1S/C20H23Cl2N5O/c1-12(23)17-18(22)16(20(28)26-14-5-3-13(21)4-6-14)11-24-19(17)25-15-7-9-27(2)10-8-15/h3-6,11,15,23H,7-10H2,1-2H3,(H,24,25)(H,26,28). The highest BCUT2D eigenvalue weighted by atomic mass is 35.5. The molecule has 0 atom stereocenters. The van der Waals surface area contributed by atoms with Crippen molar-refractivity contribution >= 4 is 46.3 Å². The number of hydrogen-bond donors (Lipinski definition) is 3. The quantitative estimate of drug-likeness (QED) is 0.621. The molecule has 1 aromatic carbocycles. The first-order valence-electron chi connectivity index (χ1n) is 9.11. The monoisotopic (exact) mass is 419 g/mol. The Morgan fingerprint density at radius 2 is 1.86 bits per heavy atom. The maximum atomic E-state index is 12.7. The lowest BCUT2D eigenvalue weighted by Crippen LogP contribution is -2.37. The van der Waals surface area contributed by atoms with Gasteiger partial charge in [-0.05, 0) is 64.2 Å². The first-order valence-corrected chi connectivity index (χ1v) is 9.86. The molecule has 1 amide bonds. The van der Waals surface area contributed by atoms with Crippen molar-refractivity contribution < 1.29 is 4.79 Å². The molecule has 0 bridgehead atoms. The van der Waals surface area contributed by atoms with Crippen LogP contribution in [0.2, 0.25) is 10.0 Å². The molecule has 3 rings (SSSR count). The Morgan fingerprint density at radius 1 is 1.21 bits per heavy atom. The average molecular weight is 420 g/mol. The van der Waals surface area contributed by atoms with Crippen LogP contribution in [-0.2, 0) is 0 Å². The maximum Gasteiger partial charge on any atom is 0.258 e. The molecule has 3 N–H and O–H groups in total. The second-order valence-electron chi connectivity index (χ2n) is 7.02. The maximum absolute atomic E-state index is 12.7. The molecule has 6 nitrogen and oxygen atoms in total. The van der Waals surface area contributed by atoms with E-state index >= 15 is 0 Å². The second kappa shape index (κ2) is 8.90. The number of halogens is 2. The Hall–Kier alpha value is -2.15. The van der Waals surface area contributed by atoms with Crippen LogP contribution in [0.3, 0.4) is 0 Å². The number of benzene rings is 1. The van der Waals surface area contributed by atoms with Gasteiger partial charge >= 0.3 is 0 Å². The van der Waals surface area contributed by atoms with E-state index in [1.165, 1.54) is 6.20 Å². The first kappa shape index (κ1) is 20.6. The number of amides is 1. The lowest BCUT2D eigenvalue weighted by atomic mass is 10.0. The zero-order valence-corrected chi connectivity index (χ0v) is 17.4. The fourth-order valence-corrected chi connectivity index (χ4v) is 3.67. The Labute approximate surface area is 174 Å². The Balaban J connectivity index is 1.83. The highest BCUT2D eigenvalue weighted by Crippen LogP contribution is 2.29. The Kier molecular flexibility index (Phi) is 6.54. The molecular weight excluding hydrogens is 397 g/mol. The summed E-state index contributed by atoms with van der Waals surface area (Å²) in [6, 6.07) is 7.07. The molecule has 0 radical (unpaired) electrons. The van der Waals surface area contributed by atoms with Crippen molar-refractivity contribution in [3.63, 3.8) is 0 Å². The summed E-state index contributed by atoms with van der Waals surface area (Å²) < 4.78 is 0. The van der Waals surface area contributed by atoms with Gasteiger partial charge in [-0.3, -0.25) is 4.79 Å². The van der Waals surface area contributed by atoms with Gasteiger partial charge in [0.2, 0.25) is 0 Å². The molecule has 1 aromatic heterocycles. The van der Waals surface area contributed by atoms with Gasteiger partial charge < -0.3 is 20.9 Å². The zero-order valence-electron chi connectivity index (χ0n) is 15.9. The van der Waals surface area contributed by atoms with E-state index < -0.39 is 0 Å². The summed E-state index contributed by atoms with van der Waals surface area (Å²) in [4.78, 5) is 19.4. The van der Waals surface area contributed by atoms with Crippen LogP contribution in [0, 0.1) is 5.41 Å². The molecule has 8 heteroatoms. The summed E-state index contributed by atoms with van der Waals surface area (Å²) in [7, 11) is 2.10. The third kappa shape index (κ3) is 4.82. The van der Waals surface area contributed by atoms with Crippen molar-refractivity contribution in [1.29, 1.82) is 5.41 Å². The van der Waals surface area contributed by atoms with Gasteiger partial charge in [-0.2, -0.15) is 0 Å². The van der Waals surface area contributed by atoms with Gasteiger partial charge in [0.1, 0.15) is 5.82 Å². The minimum Gasteiger partial charge on any atom is -0.367 e. The van der Waals surface area contributed by atoms with Crippen molar-refractivity contribution in [3.8, 4) is 0 Å². The largest absolute Gasteiger partial charge is 0.367 e. The summed E-state index contributed by atoms with van der Waals surface area (Å²) in [5.41, 5.74) is 1.55. The molecule has 0 spiro atoms. The van der Waals surface area contributed by atoms with Crippen LogP contribution in [-0.4, -0.2) is 47.7 Å². The number of hydrogen-bond acceptors (Lipinski definition) is 5. The number of carbonyl (C=O) groups excluding carboxylic acids is 1. The van der Waals surface area contributed by atoms with E-state index in [2.05, 4.69) is 27.6 Å². The van der Waals surface area contributed by atoms with Crippen molar-refractivity contribution in [3.05, 3.63) is 51.6 Å². The van der Waals surface area contributed by atoms with Gasteiger partial charge in [0.15, 0.2) is 0 Å². The highest BCUT2D eigenvalue weighted by molar-refractivity contribution is 6.38. The molecular formula is C20H23Cl2N5O. The van der Waals surface area contributed by atoms with Crippen molar-refractivity contribution in [2.24, 2.45) is 0 Å². The van der Waals surface area contributed by atoms with E-state index in [1.54, 1.807) is 31.2 Å². The molecule has 1 saturated heterocycles. The van der Waals surface area contributed by atoms with E-state index in [0.717, 1.165) is 25.9 Å². The van der Waals surface area contributed by atoms with E-state index in [1.807, 2.05) is 0 Å². The number of rotatable bonds is 5. The lowest BCUT2D eigenvalue weighted by Gasteiger charge is -2.30. The van der Waals surface area contributed by atoms with E-state index in [4.69, 9.17) is 28.6 Å². The van der Waals surface area contributed by atoms with Gasteiger partial charge in [-0.1, -0.05) is 23.2 Å². The van der Waals surface area contributed by atoms with E-state index in [0.29, 0.717) is 22.1 Å². The van der Waals surface area contributed by atoms with Crippen LogP contribution in [0.1, 0.15) is 35.7 Å². The second-order valence-corrected chi connectivity index (χ2v) is 7.83. The van der Waals surface area contributed by atoms with Gasteiger partial charge in [0.25, 0.3) is 5.91 Å². The fraction of sp³-hybridized carbons (Fsp3) is 0.350. The number of anilines is 2. The lowest BCUT2D eigenvalue weighted by molar-refractivity contribution is 0.102. The molecule has 0 unspecified atom stereocenters. The van der Waals surface area contributed by atoms with Crippen LogP contribution in [0.15, 0.2) is 30.5 Å². The number of pyridine rings is 1. The minimum absolute atomic E-state index is 0.226. The molecule has 28 heavy (non-hydrogen) atoms. The number of carbonyl (C=O) groups is 1. The van der Waals surface area contributed by atoms with Crippen LogP contribution >= 0.6 is 23.2 Å². The molecule has 1 aliphatic rings. The molecule has 0 saturated carbocycles. The van der Waals surface area contributed by atoms with Gasteiger partial charge in [0.05, 0.1) is 16.1 Å². The number of likely N-dealkylation sites (tertiary alicyclic amines) is 1. The fourth-order valence-electron chi connectivity index (χ4n) is 3.18. The summed E-state index contributed by atoms with van der Waals surface area (Å²) in [6.07, 6.45) is 3.44. The van der Waals surface area contributed by atoms with Gasteiger partial charge in [-0.15, -0.1) is 0 Å². The number of nitrogens with one attached hydrogen (secondary N) is 3. The summed E-state index contributed by atoms with van der Waals surface area (Å²) in [5.74, 6) is 0.170. The third-order valence-electron chi connectivity index (χ3n) is 4.80. The SMILES string of the molecule is CC(=N)c1c(NC2CCN(C)CC2)ncc(C(=O)Nc2ccc(Cl)cc2)c1Cl. The van der Waals surface area contributed by atoms with Crippen LogP contribution in [0.5, 0.6) is 0 Å². The van der Waals surface area contributed by atoms with Crippen molar-refractivity contribution in [2.45, 2.75) is 25.8 Å². The highest BCUT2D eigenvalue weighted by Gasteiger charge is 2.23. The number of piperidine rings is 1. The van der Waals surface area contributed by atoms with Gasteiger partial charge in [-0.25, -0.2) is 4.98 Å². The van der Waals surface area contributed by atoms with E-state index in [-0.39, 0.29) is 28.2 Å².